The first-order valence-corrected chi connectivity index (χ1v) is 7.14. The van der Waals surface area contributed by atoms with Crippen LogP contribution in [0.15, 0.2) is 12.1 Å². The van der Waals surface area contributed by atoms with E-state index >= 15 is 0 Å². The molecule has 0 radical (unpaired) electrons. The number of carbonyl (C=O) groups excluding carboxylic acids is 1. The summed E-state index contributed by atoms with van der Waals surface area (Å²) in [6.45, 7) is 4.19. The van der Waals surface area contributed by atoms with Crippen LogP contribution in [0, 0.1) is 5.92 Å². The zero-order valence-corrected chi connectivity index (χ0v) is 11.4. The molecular weight excluding hydrogens is 238 g/mol. The van der Waals surface area contributed by atoms with E-state index < -0.39 is 0 Å². The van der Waals surface area contributed by atoms with Crippen molar-refractivity contribution in [2.24, 2.45) is 5.92 Å². The third kappa shape index (κ3) is 2.27. The van der Waals surface area contributed by atoms with Gasteiger partial charge in [0.2, 0.25) is 5.91 Å². The highest BCUT2D eigenvalue weighted by Crippen LogP contribution is 2.35. The molecule has 0 aromatic heterocycles. The van der Waals surface area contributed by atoms with Gasteiger partial charge >= 0.3 is 0 Å². The van der Waals surface area contributed by atoms with E-state index in [1.54, 1.807) is 0 Å². The highest BCUT2D eigenvalue weighted by molar-refractivity contribution is 6.00. The molecule has 1 aromatic rings. The van der Waals surface area contributed by atoms with Crippen molar-refractivity contribution in [1.82, 2.24) is 0 Å². The van der Waals surface area contributed by atoms with Crippen LogP contribution in [0.2, 0.25) is 0 Å². The van der Waals surface area contributed by atoms with Gasteiger partial charge in [0.05, 0.1) is 17.8 Å². The molecule has 2 aliphatic rings. The van der Waals surface area contributed by atoms with Gasteiger partial charge in [0, 0.05) is 18.8 Å². The molecule has 0 spiro atoms. The van der Waals surface area contributed by atoms with Gasteiger partial charge in [-0.2, -0.15) is 0 Å². The smallest absolute Gasteiger partial charge is 0.228 e. The Kier molecular flexibility index (Phi) is 3.09. The van der Waals surface area contributed by atoms with E-state index in [4.69, 9.17) is 5.73 Å². The minimum Gasteiger partial charge on any atom is -0.397 e. The summed E-state index contributed by atoms with van der Waals surface area (Å²) in [6.07, 6.45) is 4.47. The Morgan fingerprint density at radius 3 is 2.84 bits per heavy atom. The lowest BCUT2D eigenvalue weighted by Gasteiger charge is -2.34. The molecule has 4 nitrogen and oxygen atoms in total. The highest BCUT2D eigenvalue weighted by Gasteiger charge is 2.24. The van der Waals surface area contributed by atoms with Crippen LogP contribution in [0.3, 0.4) is 0 Å². The van der Waals surface area contributed by atoms with Crippen molar-refractivity contribution in [3.05, 3.63) is 17.7 Å². The number of nitrogen functional groups attached to an aromatic ring is 1. The molecule has 1 heterocycles. The summed E-state index contributed by atoms with van der Waals surface area (Å²) in [5.41, 5.74) is 9.97. The molecule has 3 N–H and O–H groups in total. The maximum absolute atomic E-state index is 11.4. The Morgan fingerprint density at radius 1 is 1.42 bits per heavy atom. The Balaban J connectivity index is 1.86. The molecule has 1 fully saturated rings. The van der Waals surface area contributed by atoms with Crippen molar-refractivity contribution in [1.29, 1.82) is 0 Å². The third-order valence-corrected chi connectivity index (χ3v) is 4.30. The number of rotatable bonds is 4. The number of hydrogen-bond donors (Lipinski definition) is 2. The summed E-state index contributed by atoms with van der Waals surface area (Å²) in [5.74, 6) is 0.871. The largest absolute Gasteiger partial charge is 0.397 e. The van der Waals surface area contributed by atoms with E-state index in [0.29, 0.717) is 6.42 Å². The Morgan fingerprint density at radius 2 is 2.21 bits per heavy atom. The SMILES string of the molecule is CCN(CC1CCC1)c1cc2c(cc1N)CC(=O)N2. The minimum atomic E-state index is 0.0635. The number of amides is 1. The molecule has 19 heavy (non-hydrogen) atoms. The van der Waals surface area contributed by atoms with Crippen LogP contribution in [0.1, 0.15) is 31.7 Å². The monoisotopic (exact) mass is 259 g/mol. The number of fused-ring (bicyclic) bond motifs is 1. The molecule has 1 aliphatic heterocycles. The summed E-state index contributed by atoms with van der Waals surface area (Å²) in [4.78, 5) is 13.8. The van der Waals surface area contributed by atoms with Gasteiger partial charge in [0.25, 0.3) is 0 Å². The quantitative estimate of drug-likeness (QED) is 0.816. The Bertz CT molecular complexity index is 508. The highest BCUT2D eigenvalue weighted by atomic mass is 16.1. The van der Waals surface area contributed by atoms with Gasteiger partial charge in [-0.05, 0) is 43.4 Å². The molecule has 1 aliphatic carbocycles. The second kappa shape index (κ2) is 4.76. The first-order chi connectivity index (χ1) is 9.17. The number of hydrogen-bond acceptors (Lipinski definition) is 3. The fourth-order valence-corrected chi connectivity index (χ4v) is 2.94. The van der Waals surface area contributed by atoms with E-state index in [9.17, 15) is 4.79 Å². The Labute approximate surface area is 114 Å². The van der Waals surface area contributed by atoms with Crippen molar-refractivity contribution >= 4 is 23.0 Å². The molecular formula is C15H21N3O. The van der Waals surface area contributed by atoms with E-state index in [1.807, 2.05) is 12.1 Å². The van der Waals surface area contributed by atoms with Crippen molar-refractivity contribution < 1.29 is 4.79 Å². The average Bonchev–Trinajstić information content (AvgIpc) is 2.67. The van der Waals surface area contributed by atoms with Crippen LogP contribution in [-0.2, 0) is 11.2 Å². The van der Waals surface area contributed by atoms with Crippen LogP contribution in [0.4, 0.5) is 17.1 Å². The van der Waals surface area contributed by atoms with Crippen molar-refractivity contribution in [2.75, 3.05) is 29.0 Å². The van der Waals surface area contributed by atoms with Crippen molar-refractivity contribution in [3.8, 4) is 0 Å². The summed E-state index contributed by atoms with van der Waals surface area (Å²) in [7, 11) is 0. The molecule has 4 heteroatoms. The zero-order chi connectivity index (χ0) is 13.4. The van der Waals surface area contributed by atoms with Gasteiger partial charge in [-0.3, -0.25) is 4.79 Å². The summed E-state index contributed by atoms with van der Waals surface area (Å²) >= 11 is 0. The number of nitrogens with zero attached hydrogens (tertiary/aromatic N) is 1. The van der Waals surface area contributed by atoms with Gasteiger partial charge in [-0.25, -0.2) is 0 Å². The number of carbonyl (C=O) groups is 1. The molecule has 0 saturated heterocycles. The third-order valence-electron chi connectivity index (χ3n) is 4.30. The predicted molar refractivity (Wildman–Crippen MR) is 78.4 cm³/mol. The van der Waals surface area contributed by atoms with Gasteiger partial charge < -0.3 is 16.0 Å². The fraction of sp³-hybridized carbons (Fsp3) is 0.533. The molecule has 0 unspecified atom stereocenters. The molecule has 1 amide bonds. The number of benzene rings is 1. The minimum absolute atomic E-state index is 0.0635. The molecule has 0 atom stereocenters. The lowest BCUT2D eigenvalue weighted by molar-refractivity contribution is -0.115. The summed E-state index contributed by atoms with van der Waals surface area (Å²) in [6, 6.07) is 3.99. The predicted octanol–water partition coefficient (Wildman–Crippen LogP) is 2.39. The fourth-order valence-electron chi connectivity index (χ4n) is 2.94. The maximum Gasteiger partial charge on any atom is 0.228 e. The molecule has 1 aromatic carbocycles. The lowest BCUT2D eigenvalue weighted by Crippen LogP contribution is -2.32. The van der Waals surface area contributed by atoms with Crippen LogP contribution < -0.4 is 16.0 Å². The molecule has 102 valence electrons. The number of nitrogens with two attached hydrogens (primary N) is 1. The van der Waals surface area contributed by atoms with E-state index in [0.717, 1.165) is 41.6 Å². The van der Waals surface area contributed by atoms with Crippen LogP contribution in [-0.4, -0.2) is 19.0 Å². The number of anilines is 3. The van der Waals surface area contributed by atoms with Crippen LogP contribution in [0.25, 0.3) is 0 Å². The first kappa shape index (κ1) is 12.3. The van der Waals surface area contributed by atoms with Crippen molar-refractivity contribution in [2.45, 2.75) is 32.6 Å². The molecule has 1 saturated carbocycles. The molecule has 0 bridgehead atoms. The van der Waals surface area contributed by atoms with Gasteiger partial charge in [0.1, 0.15) is 0 Å². The topological polar surface area (TPSA) is 58.4 Å². The first-order valence-electron chi connectivity index (χ1n) is 7.14. The van der Waals surface area contributed by atoms with E-state index in [-0.39, 0.29) is 5.91 Å². The normalized spacial score (nSPS) is 17.8. The van der Waals surface area contributed by atoms with Crippen LogP contribution in [0.5, 0.6) is 0 Å². The van der Waals surface area contributed by atoms with Gasteiger partial charge in [-0.1, -0.05) is 6.42 Å². The summed E-state index contributed by atoms with van der Waals surface area (Å²) in [5, 5.41) is 2.90. The zero-order valence-electron chi connectivity index (χ0n) is 11.4. The second-order valence-electron chi connectivity index (χ2n) is 5.63. The van der Waals surface area contributed by atoms with Crippen LogP contribution >= 0.6 is 0 Å². The van der Waals surface area contributed by atoms with Gasteiger partial charge in [0.15, 0.2) is 0 Å². The second-order valence-corrected chi connectivity index (χ2v) is 5.63. The molecule has 3 rings (SSSR count). The lowest BCUT2D eigenvalue weighted by atomic mass is 9.85. The van der Waals surface area contributed by atoms with Crippen molar-refractivity contribution in [3.63, 3.8) is 0 Å². The average molecular weight is 259 g/mol. The van der Waals surface area contributed by atoms with Gasteiger partial charge in [-0.15, -0.1) is 0 Å². The summed E-state index contributed by atoms with van der Waals surface area (Å²) < 4.78 is 0. The maximum atomic E-state index is 11.4. The number of nitrogens with one attached hydrogen (secondary N) is 1. The standard InChI is InChI=1S/C15H21N3O/c1-2-18(9-10-4-3-5-10)14-8-13-11(6-12(14)16)7-15(19)17-13/h6,8,10H,2-5,7,9,16H2,1H3,(H,17,19). The Hall–Kier alpha value is -1.71. The van der Waals surface area contributed by atoms with E-state index in [2.05, 4.69) is 17.1 Å². The van der Waals surface area contributed by atoms with E-state index in [1.165, 1.54) is 19.3 Å².